The first-order chi connectivity index (χ1) is 14.4. The molecule has 0 saturated heterocycles. The molecule has 1 unspecified atom stereocenters. The molecule has 1 atom stereocenters. The average molecular weight is 462 g/mol. The van der Waals surface area contributed by atoms with Crippen LogP contribution < -0.4 is 0 Å². The van der Waals surface area contributed by atoms with Gasteiger partial charge in [0.15, 0.2) is 0 Å². The molecule has 0 N–H and O–H groups in total. The molecule has 0 bridgehead atoms. The van der Waals surface area contributed by atoms with E-state index in [0.717, 1.165) is 23.4 Å². The molecule has 30 heavy (non-hydrogen) atoms. The molecule has 154 valence electrons. The molecule has 2 aromatic heterocycles. The van der Waals surface area contributed by atoms with Crippen LogP contribution in [-0.4, -0.2) is 19.7 Å². The third kappa shape index (κ3) is 3.85. The van der Waals surface area contributed by atoms with E-state index in [4.69, 9.17) is 44.2 Å². The molecular weight excluding hydrogens is 443 g/mol. The summed E-state index contributed by atoms with van der Waals surface area (Å²) in [6.45, 7) is 6.09. The van der Waals surface area contributed by atoms with Gasteiger partial charge in [0, 0.05) is 27.2 Å². The van der Waals surface area contributed by atoms with E-state index in [2.05, 4.69) is 24.0 Å². The number of hydrogen-bond donors (Lipinski definition) is 0. The zero-order valence-corrected chi connectivity index (χ0v) is 18.9. The molecule has 5 nitrogen and oxygen atoms in total. The standard InChI is InChI=1S/C22H19Cl3N4O/c1-4-12(2)21-27-28-22(30-21)19-13(3)29(16-8-5-14(23)6-9-16)20(26-19)17-10-7-15(24)11-18(17)25/h5-12H,4H2,1-3H3. The highest BCUT2D eigenvalue weighted by atomic mass is 35.5. The van der Waals surface area contributed by atoms with Crippen LogP contribution in [0, 0.1) is 6.92 Å². The predicted molar refractivity (Wildman–Crippen MR) is 121 cm³/mol. The lowest BCUT2D eigenvalue weighted by Crippen LogP contribution is -2.00. The molecule has 0 spiro atoms. The summed E-state index contributed by atoms with van der Waals surface area (Å²) in [7, 11) is 0. The Kier molecular flexibility index (Phi) is 5.87. The van der Waals surface area contributed by atoms with E-state index in [0.29, 0.717) is 38.4 Å². The van der Waals surface area contributed by atoms with E-state index >= 15 is 0 Å². The van der Waals surface area contributed by atoms with Crippen LogP contribution in [0.25, 0.3) is 28.7 Å². The van der Waals surface area contributed by atoms with Crippen LogP contribution in [0.1, 0.15) is 37.8 Å². The van der Waals surface area contributed by atoms with Crippen molar-refractivity contribution in [2.45, 2.75) is 33.1 Å². The molecule has 0 aliphatic rings. The molecular formula is C22H19Cl3N4O. The summed E-state index contributed by atoms with van der Waals surface area (Å²) in [6, 6.07) is 12.8. The van der Waals surface area contributed by atoms with Crippen molar-refractivity contribution in [2.75, 3.05) is 0 Å². The van der Waals surface area contributed by atoms with Gasteiger partial charge in [0.25, 0.3) is 5.89 Å². The first-order valence-corrected chi connectivity index (χ1v) is 10.7. The normalized spacial score (nSPS) is 12.3. The Labute approximate surface area is 189 Å². The highest BCUT2D eigenvalue weighted by Gasteiger charge is 2.24. The van der Waals surface area contributed by atoms with Crippen LogP contribution in [0.5, 0.6) is 0 Å². The predicted octanol–water partition coefficient (Wildman–Crippen LogP) is 7.37. The van der Waals surface area contributed by atoms with Gasteiger partial charge in [0.2, 0.25) is 5.89 Å². The van der Waals surface area contributed by atoms with E-state index in [9.17, 15) is 0 Å². The molecule has 0 radical (unpaired) electrons. The largest absolute Gasteiger partial charge is 0.419 e. The van der Waals surface area contributed by atoms with E-state index < -0.39 is 0 Å². The van der Waals surface area contributed by atoms with Gasteiger partial charge in [-0.2, -0.15) is 0 Å². The van der Waals surface area contributed by atoms with Gasteiger partial charge < -0.3 is 4.42 Å². The van der Waals surface area contributed by atoms with Crippen LogP contribution in [0.2, 0.25) is 15.1 Å². The summed E-state index contributed by atoms with van der Waals surface area (Å²) in [5.74, 6) is 1.80. The van der Waals surface area contributed by atoms with Crippen molar-refractivity contribution in [3.63, 3.8) is 0 Å². The van der Waals surface area contributed by atoms with Gasteiger partial charge in [-0.05, 0) is 55.8 Å². The molecule has 0 amide bonds. The van der Waals surface area contributed by atoms with Gasteiger partial charge in [0.1, 0.15) is 11.5 Å². The Morgan fingerprint density at radius 3 is 2.37 bits per heavy atom. The number of rotatable bonds is 5. The molecule has 4 aromatic rings. The summed E-state index contributed by atoms with van der Waals surface area (Å²) >= 11 is 18.7. The van der Waals surface area contributed by atoms with Gasteiger partial charge in [0.05, 0.1) is 10.7 Å². The van der Waals surface area contributed by atoms with Crippen molar-refractivity contribution in [3.8, 4) is 28.7 Å². The maximum absolute atomic E-state index is 6.51. The molecule has 0 aliphatic heterocycles. The molecule has 2 aromatic carbocycles. The monoisotopic (exact) mass is 460 g/mol. The maximum Gasteiger partial charge on any atom is 0.268 e. The molecule has 0 saturated carbocycles. The van der Waals surface area contributed by atoms with Crippen molar-refractivity contribution < 1.29 is 4.42 Å². The first kappa shape index (κ1) is 20.9. The quantitative estimate of drug-likeness (QED) is 0.311. The minimum absolute atomic E-state index is 0.176. The summed E-state index contributed by atoms with van der Waals surface area (Å²) in [6.07, 6.45) is 0.908. The van der Waals surface area contributed by atoms with Gasteiger partial charge in [-0.3, -0.25) is 4.57 Å². The van der Waals surface area contributed by atoms with E-state index in [1.54, 1.807) is 12.1 Å². The van der Waals surface area contributed by atoms with Crippen LogP contribution >= 0.6 is 34.8 Å². The number of hydrogen-bond acceptors (Lipinski definition) is 4. The average Bonchev–Trinajstić information content (AvgIpc) is 3.33. The minimum Gasteiger partial charge on any atom is -0.419 e. The summed E-state index contributed by atoms with van der Waals surface area (Å²) in [5.41, 5.74) is 3.08. The summed E-state index contributed by atoms with van der Waals surface area (Å²) < 4.78 is 7.93. The van der Waals surface area contributed by atoms with Crippen LogP contribution in [0.4, 0.5) is 0 Å². The molecule has 0 fully saturated rings. The Bertz CT molecular complexity index is 1200. The summed E-state index contributed by atoms with van der Waals surface area (Å²) in [4.78, 5) is 4.84. The fraction of sp³-hybridized carbons (Fsp3) is 0.227. The minimum atomic E-state index is 0.176. The lowest BCUT2D eigenvalue weighted by atomic mass is 10.1. The topological polar surface area (TPSA) is 56.7 Å². The third-order valence-corrected chi connectivity index (χ3v) is 5.84. The van der Waals surface area contributed by atoms with Gasteiger partial charge >= 0.3 is 0 Å². The third-order valence-electron chi connectivity index (χ3n) is 5.04. The van der Waals surface area contributed by atoms with Crippen molar-refractivity contribution in [1.29, 1.82) is 0 Å². The maximum atomic E-state index is 6.51. The zero-order chi connectivity index (χ0) is 21.4. The van der Waals surface area contributed by atoms with Gasteiger partial charge in [-0.25, -0.2) is 4.98 Å². The Morgan fingerprint density at radius 2 is 1.70 bits per heavy atom. The van der Waals surface area contributed by atoms with Crippen molar-refractivity contribution >= 4 is 34.8 Å². The van der Waals surface area contributed by atoms with Crippen molar-refractivity contribution in [2.24, 2.45) is 0 Å². The van der Waals surface area contributed by atoms with Crippen LogP contribution in [-0.2, 0) is 0 Å². The number of aromatic nitrogens is 4. The lowest BCUT2D eigenvalue weighted by Gasteiger charge is -2.11. The fourth-order valence-electron chi connectivity index (χ4n) is 3.17. The highest BCUT2D eigenvalue weighted by Crippen LogP contribution is 2.36. The smallest absolute Gasteiger partial charge is 0.268 e. The first-order valence-electron chi connectivity index (χ1n) is 9.53. The fourth-order valence-corrected chi connectivity index (χ4v) is 3.78. The Hall–Kier alpha value is -2.34. The zero-order valence-electron chi connectivity index (χ0n) is 16.7. The number of nitrogens with zero attached hydrogens (tertiary/aromatic N) is 4. The van der Waals surface area contributed by atoms with E-state index in [-0.39, 0.29) is 5.92 Å². The Balaban J connectivity index is 1.93. The number of halogens is 3. The van der Waals surface area contributed by atoms with Crippen LogP contribution in [0.15, 0.2) is 46.9 Å². The Morgan fingerprint density at radius 1 is 1.00 bits per heavy atom. The second kappa shape index (κ2) is 8.42. The second-order valence-corrected chi connectivity index (χ2v) is 8.34. The lowest BCUT2D eigenvalue weighted by molar-refractivity contribution is 0.461. The van der Waals surface area contributed by atoms with E-state index in [1.807, 2.05) is 41.8 Å². The second-order valence-electron chi connectivity index (χ2n) is 7.06. The number of imidazole rings is 1. The van der Waals surface area contributed by atoms with Gasteiger partial charge in [-0.15, -0.1) is 10.2 Å². The molecule has 2 heterocycles. The SMILES string of the molecule is CCC(C)c1nnc(-c2nc(-c3ccc(Cl)cc3Cl)n(-c3ccc(Cl)cc3)c2C)o1. The van der Waals surface area contributed by atoms with Gasteiger partial charge in [-0.1, -0.05) is 48.7 Å². The number of benzene rings is 2. The molecule has 0 aliphatic carbocycles. The molecule has 8 heteroatoms. The highest BCUT2D eigenvalue weighted by molar-refractivity contribution is 6.36. The van der Waals surface area contributed by atoms with Crippen molar-refractivity contribution in [1.82, 2.24) is 19.7 Å². The van der Waals surface area contributed by atoms with E-state index in [1.165, 1.54) is 0 Å². The van der Waals surface area contributed by atoms with Crippen molar-refractivity contribution in [3.05, 3.63) is 69.1 Å². The summed E-state index contributed by atoms with van der Waals surface area (Å²) in [5, 5.41) is 10.2. The molecule has 4 rings (SSSR count). The van der Waals surface area contributed by atoms with Crippen LogP contribution in [0.3, 0.4) is 0 Å².